The number of hydrogen-bond donors (Lipinski definition) is 2. The highest BCUT2D eigenvalue weighted by Crippen LogP contribution is 2.30. The predicted octanol–water partition coefficient (Wildman–Crippen LogP) is 4.72. The Hall–Kier alpha value is -3.06. The number of benzene rings is 1. The molecule has 1 fully saturated rings. The first-order chi connectivity index (χ1) is 15.8. The van der Waals surface area contributed by atoms with Crippen LogP contribution in [0.3, 0.4) is 0 Å². The fourth-order valence-electron chi connectivity index (χ4n) is 3.16. The number of ether oxygens (including phenoxy) is 1. The topological polar surface area (TPSA) is 100 Å². The number of ketones is 1. The van der Waals surface area contributed by atoms with Crippen molar-refractivity contribution in [2.45, 2.75) is 23.5 Å². The molecule has 0 atom stereocenters. The van der Waals surface area contributed by atoms with Gasteiger partial charge in [-0.1, -0.05) is 23.1 Å². The zero-order chi connectivity index (χ0) is 23.4. The lowest BCUT2D eigenvalue weighted by atomic mass is 10.2. The molecule has 33 heavy (non-hydrogen) atoms. The van der Waals surface area contributed by atoms with E-state index in [2.05, 4.69) is 25.2 Å². The minimum Gasteiger partial charge on any atom is -0.406 e. The number of likely N-dealkylation sites (tertiary alicyclic amines) is 1. The lowest BCUT2D eigenvalue weighted by Gasteiger charge is -2.13. The van der Waals surface area contributed by atoms with Gasteiger partial charge in [-0.3, -0.25) is 9.59 Å². The molecule has 1 aromatic carbocycles. The molecular formula is C20H18F3N5O3S2. The number of nitrogens with one attached hydrogen (secondary N) is 2. The average Bonchev–Trinajstić information content (AvgIpc) is 3.53. The van der Waals surface area contributed by atoms with E-state index in [0.717, 1.165) is 25.9 Å². The second-order valence-electron chi connectivity index (χ2n) is 7.08. The number of halogens is 3. The molecule has 2 aromatic heterocycles. The number of nitrogens with zero attached hydrogens (tertiary/aromatic N) is 3. The fraction of sp³-hybridized carbons (Fsp3) is 0.300. The smallest absolute Gasteiger partial charge is 0.406 e. The lowest BCUT2D eigenvalue weighted by molar-refractivity contribution is -0.274. The minimum absolute atomic E-state index is 0.1000. The highest BCUT2D eigenvalue weighted by atomic mass is 32.2. The molecule has 0 radical (unpaired) electrons. The van der Waals surface area contributed by atoms with Crippen LogP contribution in [0.5, 0.6) is 5.75 Å². The SMILES string of the molecule is O=C(CSc1nnc(Nc2ccc(OC(F)(F)F)cc2)s1)c1c[nH]c(C(=O)N2CCCC2)c1. The first-order valence-electron chi connectivity index (χ1n) is 9.87. The molecule has 3 heterocycles. The number of aromatic amines is 1. The quantitative estimate of drug-likeness (QED) is 0.343. The maximum Gasteiger partial charge on any atom is 0.573 e. The van der Waals surface area contributed by atoms with Crippen molar-refractivity contribution in [3.63, 3.8) is 0 Å². The normalized spacial score (nSPS) is 13.8. The van der Waals surface area contributed by atoms with Gasteiger partial charge >= 0.3 is 6.36 Å². The highest BCUT2D eigenvalue weighted by Gasteiger charge is 2.31. The predicted molar refractivity (Wildman–Crippen MR) is 117 cm³/mol. The molecule has 1 aliphatic heterocycles. The number of hydrogen-bond acceptors (Lipinski definition) is 8. The summed E-state index contributed by atoms with van der Waals surface area (Å²) in [6, 6.07) is 6.79. The molecule has 13 heteroatoms. The van der Waals surface area contributed by atoms with Gasteiger partial charge in [-0.05, 0) is 43.2 Å². The van der Waals surface area contributed by atoms with Gasteiger partial charge in [0.15, 0.2) is 10.1 Å². The van der Waals surface area contributed by atoms with Crippen molar-refractivity contribution < 1.29 is 27.5 Å². The molecule has 2 N–H and O–H groups in total. The van der Waals surface area contributed by atoms with E-state index in [9.17, 15) is 22.8 Å². The molecule has 0 bridgehead atoms. The van der Waals surface area contributed by atoms with E-state index in [1.165, 1.54) is 53.6 Å². The van der Waals surface area contributed by atoms with Gasteiger partial charge in [0.2, 0.25) is 5.13 Å². The van der Waals surface area contributed by atoms with Gasteiger partial charge in [0.1, 0.15) is 11.4 Å². The van der Waals surface area contributed by atoms with Crippen molar-refractivity contribution in [2.75, 3.05) is 24.2 Å². The number of H-pyrrole nitrogens is 1. The Balaban J connectivity index is 1.28. The highest BCUT2D eigenvalue weighted by molar-refractivity contribution is 8.01. The molecule has 0 saturated carbocycles. The Morgan fingerprint density at radius 2 is 1.91 bits per heavy atom. The van der Waals surface area contributed by atoms with Crippen LogP contribution >= 0.6 is 23.1 Å². The third kappa shape index (κ3) is 6.26. The standard InChI is InChI=1S/C20H18F3N5O3S2/c21-20(22,23)31-14-5-3-13(4-6-14)25-18-26-27-19(33-18)32-11-16(29)12-9-15(24-10-12)17(30)28-7-1-2-8-28/h3-6,9-10,24H,1-2,7-8,11H2,(H,25,26). The maximum absolute atomic E-state index is 12.5. The maximum atomic E-state index is 12.5. The van der Waals surface area contributed by atoms with Crippen LogP contribution in [0.1, 0.15) is 33.7 Å². The fourth-order valence-corrected chi connectivity index (χ4v) is 4.83. The second-order valence-corrected chi connectivity index (χ2v) is 9.28. The van der Waals surface area contributed by atoms with Crippen LogP contribution in [0.25, 0.3) is 0 Å². The van der Waals surface area contributed by atoms with E-state index < -0.39 is 6.36 Å². The van der Waals surface area contributed by atoms with Gasteiger partial charge in [-0.25, -0.2) is 0 Å². The van der Waals surface area contributed by atoms with Crippen molar-refractivity contribution in [1.82, 2.24) is 20.1 Å². The van der Waals surface area contributed by atoms with E-state index in [1.54, 1.807) is 11.0 Å². The van der Waals surface area contributed by atoms with Crippen LogP contribution in [0, 0.1) is 0 Å². The second kappa shape index (κ2) is 9.83. The van der Waals surface area contributed by atoms with Gasteiger partial charge in [0, 0.05) is 30.5 Å². The van der Waals surface area contributed by atoms with E-state index in [1.807, 2.05) is 0 Å². The van der Waals surface area contributed by atoms with Gasteiger partial charge in [-0.2, -0.15) is 0 Å². The van der Waals surface area contributed by atoms with E-state index in [-0.39, 0.29) is 23.2 Å². The van der Waals surface area contributed by atoms with Crippen LogP contribution in [0.15, 0.2) is 40.9 Å². The van der Waals surface area contributed by atoms with Crippen molar-refractivity contribution >= 4 is 45.6 Å². The monoisotopic (exact) mass is 497 g/mol. The Morgan fingerprint density at radius 1 is 1.18 bits per heavy atom. The molecule has 4 rings (SSSR count). The van der Waals surface area contributed by atoms with Crippen LogP contribution in [0.4, 0.5) is 24.0 Å². The van der Waals surface area contributed by atoms with Crippen LogP contribution in [-0.4, -0.2) is 57.0 Å². The number of amides is 1. The Kier molecular flexibility index (Phi) is 6.88. The zero-order valence-electron chi connectivity index (χ0n) is 17.0. The van der Waals surface area contributed by atoms with Gasteiger partial charge in [0.05, 0.1) is 5.75 Å². The van der Waals surface area contributed by atoms with Gasteiger partial charge < -0.3 is 19.9 Å². The zero-order valence-corrected chi connectivity index (χ0v) is 18.6. The Labute approximate surface area is 194 Å². The minimum atomic E-state index is -4.75. The van der Waals surface area contributed by atoms with Crippen LogP contribution < -0.4 is 10.1 Å². The Bertz CT molecular complexity index is 1120. The molecule has 8 nitrogen and oxygen atoms in total. The molecule has 0 spiro atoms. The Morgan fingerprint density at radius 3 is 2.61 bits per heavy atom. The number of aromatic nitrogens is 3. The molecule has 1 aliphatic rings. The van der Waals surface area contributed by atoms with E-state index >= 15 is 0 Å². The number of anilines is 2. The number of Topliss-reactive ketones (excluding diaryl/α,β-unsaturated/α-hetero) is 1. The van der Waals surface area contributed by atoms with Crippen molar-refractivity contribution in [2.24, 2.45) is 0 Å². The summed E-state index contributed by atoms with van der Waals surface area (Å²) < 4.78 is 41.1. The number of rotatable bonds is 8. The summed E-state index contributed by atoms with van der Waals surface area (Å²) >= 11 is 2.41. The summed E-state index contributed by atoms with van der Waals surface area (Å²) in [4.78, 5) is 29.5. The molecular weight excluding hydrogens is 479 g/mol. The number of alkyl halides is 3. The van der Waals surface area contributed by atoms with E-state index in [4.69, 9.17) is 0 Å². The number of carbonyl (C=O) groups excluding carboxylic acids is 2. The van der Waals surface area contributed by atoms with Gasteiger partial charge in [0.25, 0.3) is 5.91 Å². The molecule has 0 aliphatic carbocycles. The van der Waals surface area contributed by atoms with Crippen molar-refractivity contribution in [1.29, 1.82) is 0 Å². The summed E-state index contributed by atoms with van der Waals surface area (Å²) in [7, 11) is 0. The summed E-state index contributed by atoms with van der Waals surface area (Å²) in [5.41, 5.74) is 1.34. The molecule has 1 amide bonds. The molecule has 0 unspecified atom stereocenters. The molecule has 1 saturated heterocycles. The number of thioether (sulfide) groups is 1. The summed E-state index contributed by atoms with van der Waals surface area (Å²) in [6.45, 7) is 1.46. The summed E-state index contributed by atoms with van der Waals surface area (Å²) in [5.74, 6) is -0.457. The van der Waals surface area contributed by atoms with Crippen molar-refractivity contribution in [3.8, 4) is 5.75 Å². The first-order valence-corrected chi connectivity index (χ1v) is 11.7. The summed E-state index contributed by atoms with van der Waals surface area (Å²) in [5, 5.41) is 11.3. The largest absolute Gasteiger partial charge is 0.573 e. The third-order valence-corrected chi connectivity index (χ3v) is 6.67. The molecule has 174 valence electrons. The van der Waals surface area contributed by atoms with Crippen molar-refractivity contribution in [3.05, 3.63) is 47.8 Å². The average molecular weight is 498 g/mol. The molecule has 3 aromatic rings. The number of carbonyl (C=O) groups is 2. The van der Waals surface area contributed by atoms with E-state index in [0.29, 0.717) is 26.4 Å². The van der Waals surface area contributed by atoms with Crippen LogP contribution in [0.2, 0.25) is 0 Å². The lowest BCUT2D eigenvalue weighted by Crippen LogP contribution is -2.27. The first kappa shape index (κ1) is 23.1. The summed E-state index contributed by atoms with van der Waals surface area (Å²) in [6.07, 6.45) is -1.23. The van der Waals surface area contributed by atoms with Gasteiger partial charge in [-0.15, -0.1) is 23.4 Å². The third-order valence-electron chi connectivity index (χ3n) is 4.70. The van der Waals surface area contributed by atoms with Crippen LogP contribution in [-0.2, 0) is 0 Å².